The molecule has 0 aliphatic heterocycles. The van der Waals surface area contributed by atoms with Crippen LogP contribution in [0.5, 0.6) is 0 Å². The van der Waals surface area contributed by atoms with Crippen molar-refractivity contribution in [1.82, 2.24) is 19.6 Å². The molecule has 15 heavy (non-hydrogen) atoms. The van der Waals surface area contributed by atoms with Crippen LogP contribution in [-0.4, -0.2) is 19.6 Å². The van der Waals surface area contributed by atoms with Gasteiger partial charge in [0.05, 0.1) is 0 Å². The van der Waals surface area contributed by atoms with Crippen LogP contribution in [0.25, 0.3) is 5.78 Å². The van der Waals surface area contributed by atoms with E-state index >= 15 is 0 Å². The Kier molecular flexibility index (Phi) is 2.15. The van der Waals surface area contributed by atoms with Gasteiger partial charge in [0.1, 0.15) is 11.0 Å². The second-order valence-electron chi connectivity index (χ2n) is 4.68. The highest BCUT2D eigenvalue weighted by Crippen LogP contribution is 2.25. The molecule has 0 amide bonds. The Morgan fingerprint density at radius 1 is 1.40 bits per heavy atom. The summed E-state index contributed by atoms with van der Waals surface area (Å²) in [4.78, 5) is 4.44. The van der Waals surface area contributed by atoms with Gasteiger partial charge in [-0.05, 0) is 12.3 Å². The largest absolute Gasteiger partial charge is 0.257 e. The van der Waals surface area contributed by atoms with Crippen molar-refractivity contribution < 1.29 is 0 Å². The third-order valence-electron chi connectivity index (χ3n) is 2.38. The first-order chi connectivity index (χ1) is 6.91. The van der Waals surface area contributed by atoms with E-state index in [9.17, 15) is 0 Å². The smallest absolute Gasteiger partial charge is 0.230 e. The van der Waals surface area contributed by atoms with Gasteiger partial charge in [-0.1, -0.05) is 33.0 Å². The molecular formula is C10H14N4S. The Labute approximate surface area is 93.4 Å². The Morgan fingerprint density at radius 2 is 2.07 bits per heavy atom. The van der Waals surface area contributed by atoms with E-state index in [0.717, 1.165) is 15.9 Å². The summed E-state index contributed by atoms with van der Waals surface area (Å²) in [5, 5.41) is 6.75. The molecule has 0 saturated heterocycles. The van der Waals surface area contributed by atoms with E-state index in [1.54, 1.807) is 6.33 Å². The van der Waals surface area contributed by atoms with Crippen LogP contribution in [0.1, 0.15) is 32.0 Å². The maximum atomic E-state index is 5.45. The average molecular weight is 222 g/mol. The third-order valence-corrected chi connectivity index (χ3v) is 2.78. The van der Waals surface area contributed by atoms with Crippen molar-refractivity contribution >= 4 is 18.0 Å². The summed E-state index contributed by atoms with van der Waals surface area (Å²) in [6, 6.07) is 0. The number of rotatable bonds is 0. The molecule has 0 fully saturated rings. The van der Waals surface area contributed by atoms with Crippen LogP contribution in [0.2, 0.25) is 0 Å². The fourth-order valence-corrected chi connectivity index (χ4v) is 2.42. The molecule has 0 radical (unpaired) electrons. The standard InChI is InChI=1S/C10H14N4S/c1-6-7(10(2,3)4)8(15)14-5-11-13-9(14)12-6/h5H,1-4H3,(H,12,13). The first-order valence-corrected chi connectivity index (χ1v) is 5.25. The SMILES string of the molecule is Cc1nc2[nH]ncn2c(=S)c1C(C)(C)C. The van der Waals surface area contributed by atoms with Crippen LogP contribution in [0.15, 0.2) is 6.33 Å². The Hall–Kier alpha value is -1.23. The lowest BCUT2D eigenvalue weighted by atomic mass is 9.87. The number of aromatic nitrogens is 4. The summed E-state index contributed by atoms with van der Waals surface area (Å²) in [5.74, 6) is 0.700. The Balaban J connectivity index is 2.91. The number of fused-ring (bicyclic) bond motifs is 1. The molecule has 4 nitrogen and oxygen atoms in total. The summed E-state index contributed by atoms with van der Waals surface area (Å²) in [6.07, 6.45) is 1.67. The molecule has 5 heteroatoms. The number of aromatic amines is 1. The van der Waals surface area contributed by atoms with Crippen LogP contribution in [0.4, 0.5) is 0 Å². The van der Waals surface area contributed by atoms with Gasteiger partial charge in [0.2, 0.25) is 5.78 Å². The second kappa shape index (κ2) is 3.13. The van der Waals surface area contributed by atoms with Crippen LogP contribution < -0.4 is 0 Å². The molecule has 0 aromatic carbocycles. The molecule has 0 atom stereocenters. The van der Waals surface area contributed by atoms with Gasteiger partial charge in [-0.3, -0.25) is 4.40 Å². The third kappa shape index (κ3) is 1.56. The van der Waals surface area contributed by atoms with E-state index in [4.69, 9.17) is 12.2 Å². The van der Waals surface area contributed by atoms with Gasteiger partial charge in [0, 0.05) is 11.3 Å². The Bertz CT molecular complexity index is 559. The van der Waals surface area contributed by atoms with E-state index in [-0.39, 0.29) is 5.41 Å². The zero-order valence-electron chi connectivity index (χ0n) is 9.33. The zero-order chi connectivity index (χ0) is 11.2. The van der Waals surface area contributed by atoms with E-state index in [1.165, 1.54) is 0 Å². The lowest BCUT2D eigenvalue weighted by Gasteiger charge is -2.20. The van der Waals surface area contributed by atoms with Gasteiger partial charge in [-0.15, -0.1) is 0 Å². The molecule has 80 valence electrons. The maximum Gasteiger partial charge on any atom is 0.230 e. The van der Waals surface area contributed by atoms with Crippen molar-refractivity contribution in [3.05, 3.63) is 22.2 Å². The van der Waals surface area contributed by atoms with Crippen molar-refractivity contribution in [2.75, 3.05) is 0 Å². The monoisotopic (exact) mass is 222 g/mol. The predicted molar refractivity (Wildman–Crippen MR) is 61.6 cm³/mol. The molecule has 2 aromatic rings. The van der Waals surface area contributed by atoms with Crippen molar-refractivity contribution in [3.8, 4) is 0 Å². The van der Waals surface area contributed by atoms with E-state index in [0.29, 0.717) is 5.78 Å². The first-order valence-electron chi connectivity index (χ1n) is 4.84. The molecule has 0 aliphatic carbocycles. The number of aryl methyl sites for hydroxylation is 1. The number of H-pyrrole nitrogens is 1. The quantitative estimate of drug-likeness (QED) is 0.696. The molecule has 1 N–H and O–H groups in total. The maximum absolute atomic E-state index is 5.45. The molecule has 0 saturated carbocycles. The van der Waals surface area contributed by atoms with Gasteiger partial charge in [-0.2, -0.15) is 5.10 Å². The molecule has 2 heterocycles. The van der Waals surface area contributed by atoms with E-state index in [2.05, 4.69) is 36.0 Å². The lowest BCUT2D eigenvalue weighted by molar-refractivity contribution is 0.575. The number of nitrogens with zero attached hydrogens (tertiary/aromatic N) is 3. The lowest BCUT2D eigenvalue weighted by Crippen LogP contribution is -2.16. The molecule has 0 unspecified atom stereocenters. The van der Waals surface area contributed by atoms with Crippen LogP contribution >= 0.6 is 12.2 Å². The zero-order valence-corrected chi connectivity index (χ0v) is 10.1. The summed E-state index contributed by atoms with van der Waals surface area (Å²) in [6.45, 7) is 8.40. The average Bonchev–Trinajstić information content (AvgIpc) is 2.48. The predicted octanol–water partition coefficient (Wildman–Crippen LogP) is 2.39. The van der Waals surface area contributed by atoms with Gasteiger partial charge >= 0.3 is 0 Å². The summed E-state index contributed by atoms with van der Waals surface area (Å²) in [5.41, 5.74) is 2.08. The van der Waals surface area contributed by atoms with Gasteiger partial charge in [0.25, 0.3) is 0 Å². The fraction of sp³-hybridized carbons (Fsp3) is 0.500. The van der Waals surface area contributed by atoms with Crippen LogP contribution in [0, 0.1) is 11.6 Å². The number of nitrogens with one attached hydrogen (secondary N) is 1. The van der Waals surface area contributed by atoms with Crippen molar-refractivity contribution in [3.63, 3.8) is 0 Å². The van der Waals surface area contributed by atoms with Gasteiger partial charge in [0.15, 0.2) is 0 Å². The molecule has 2 rings (SSSR count). The highest BCUT2D eigenvalue weighted by Gasteiger charge is 2.20. The molecular weight excluding hydrogens is 208 g/mol. The highest BCUT2D eigenvalue weighted by atomic mass is 32.1. The molecule has 2 aromatic heterocycles. The van der Waals surface area contributed by atoms with Crippen LogP contribution in [0.3, 0.4) is 0 Å². The summed E-state index contributed by atoms with van der Waals surface area (Å²) < 4.78 is 2.60. The van der Waals surface area contributed by atoms with Crippen LogP contribution in [-0.2, 0) is 5.41 Å². The van der Waals surface area contributed by atoms with E-state index in [1.807, 2.05) is 11.3 Å². The van der Waals surface area contributed by atoms with Crippen molar-refractivity contribution in [2.45, 2.75) is 33.1 Å². The topological polar surface area (TPSA) is 46.0 Å². The normalized spacial score (nSPS) is 12.3. The van der Waals surface area contributed by atoms with Gasteiger partial charge < -0.3 is 0 Å². The molecule has 0 aliphatic rings. The highest BCUT2D eigenvalue weighted by molar-refractivity contribution is 7.71. The summed E-state index contributed by atoms with van der Waals surface area (Å²) >= 11 is 5.45. The number of hydrogen-bond donors (Lipinski definition) is 1. The minimum Gasteiger partial charge on any atom is -0.257 e. The fourth-order valence-electron chi connectivity index (χ4n) is 1.83. The molecule has 0 spiro atoms. The van der Waals surface area contributed by atoms with E-state index < -0.39 is 0 Å². The second-order valence-corrected chi connectivity index (χ2v) is 5.06. The minimum absolute atomic E-state index is 0.00657. The Morgan fingerprint density at radius 3 is 2.67 bits per heavy atom. The van der Waals surface area contributed by atoms with Crippen molar-refractivity contribution in [1.29, 1.82) is 0 Å². The van der Waals surface area contributed by atoms with Gasteiger partial charge in [-0.25, -0.2) is 10.1 Å². The number of hydrogen-bond acceptors (Lipinski definition) is 3. The molecule has 0 bridgehead atoms. The first kappa shape index (κ1) is 10.3. The summed E-state index contributed by atoms with van der Waals surface area (Å²) in [7, 11) is 0. The minimum atomic E-state index is 0.00657. The van der Waals surface area contributed by atoms with Crippen molar-refractivity contribution in [2.24, 2.45) is 0 Å².